The van der Waals surface area contributed by atoms with Crippen LogP contribution in [-0.4, -0.2) is 49.4 Å². The van der Waals surface area contributed by atoms with E-state index in [0.717, 1.165) is 6.42 Å². The monoisotopic (exact) mass is 259 g/mol. The molecular formula is C12H25N3O3. The van der Waals surface area contributed by atoms with Gasteiger partial charge in [0.25, 0.3) is 0 Å². The topological polar surface area (TPSA) is 76.8 Å². The van der Waals surface area contributed by atoms with Crippen molar-refractivity contribution in [2.24, 2.45) is 11.8 Å². The van der Waals surface area contributed by atoms with Gasteiger partial charge in [0.1, 0.15) is 5.60 Å². The molecule has 0 bridgehead atoms. The Bertz CT molecular complexity index is 278. The first kappa shape index (κ1) is 15.2. The van der Waals surface area contributed by atoms with Gasteiger partial charge in [-0.25, -0.2) is 4.79 Å². The minimum absolute atomic E-state index is 0.0717. The fourth-order valence-electron chi connectivity index (χ4n) is 2.11. The van der Waals surface area contributed by atoms with Crippen molar-refractivity contribution in [1.82, 2.24) is 10.3 Å². The molecule has 0 spiro atoms. The Morgan fingerprint density at radius 1 is 1.56 bits per heavy atom. The summed E-state index contributed by atoms with van der Waals surface area (Å²) in [4.78, 5) is 13.6. The number of ether oxygens (including phenoxy) is 2. The Morgan fingerprint density at radius 2 is 2.22 bits per heavy atom. The number of likely N-dealkylation sites (tertiary alicyclic amines) is 1. The molecule has 3 N–H and O–H groups in total. The average Bonchev–Trinajstić information content (AvgIpc) is 2.72. The molecule has 0 saturated carbocycles. The van der Waals surface area contributed by atoms with Crippen LogP contribution in [0.1, 0.15) is 27.2 Å². The highest BCUT2D eigenvalue weighted by atomic mass is 16.6. The van der Waals surface area contributed by atoms with Gasteiger partial charge in [0.15, 0.2) is 0 Å². The molecule has 0 radical (unpaired) electrons. The molecule has 1 heterocycles. The Labute approximate surface area is 109 Å². The third-order valence-electron chi connectivity index (χ3n) is 3.01. The van der Waals surface area contributed by atoms with E-state index in [9.17, 15) is 4.79 Å². The van der Waals surface area contributed by atoms with E-state index >= 15 is 0 Å². The zero-order valence-electron chi connectivity index (χ0n) is 11.7. The van der Waals surface area contributed by atoms with Crippen molar-refractivity contribution in [1.29, 1.82) is 0 Å². The maximum Gasteiger partial charge on any atom is 0.410 e. The first-order valence-corrected chi connectivity index (χ1v) is 6.30. The van der Waals surface area contributed by atoms with E-state index in [0.29, 0.717) is 25.6 Å². The highest BCUT2D eigenvalue weighted by molar-refractivity contribution is 5.68. The van der Waals surface area contributed by atoms with Crippen molar-refractivity contribution >= 4 is 6.09 Å². The molecule has 1 rings (SSSR count). The standard InChI is InChI=1S/C12H25N3O3/c1-12(2,3)18-11(16)15-6-5-9(7-15)10(14-13)8-17-4/h9-10,14H,5-8,13H2,1-4H3. The van der Waals surface area contributed by atoms with Crippen LogP contribution in [0.4, 0.5) is 4.79 Å². The highest BCUT2D eigenvalue weighted by Crippen LogP contribution is 2.22. The van der Waals surface area contributed by atoms with Crippen LogP contribution >= 0.6 is 0 Å². The summed E-state index contributed by atoms with van der Waals surface area (Å²) in [5.74, 6) is 5.81. The second kappa shape index (κ2) is 6.36. The number of carbonyl (C=O) groups excluding carboxylic acids is 1. The number of amides is 1. The van der Waals surface area contributed by atoms with Gasteiger partial charge in [-0.15, -0.1) is 0 Å². The third-order valence-corrected chi connectivity index (χ3v) is 3.01. The fraction of sp³-hybridized carbons (Fsp3) is 0.917. The Morgan fingerprint density at radius 3 is 2.72 bits per heavy atom. The fourth-order valence-corrected chi connectivity index (χ4v) is 2.11. The van der Waals surface area contributed by atoms with E-state index in [-0.39, 0.29) is 12.1 Å². The van der Waals surface area contributed by atoms with Crippen molar-refractivity contribution in [3.63, 3.8) is 0 Å². The number of rotatable bonds is 4. The molecule has 0 aromatic heterocycles. The molecule has 0 aromatic carbocycles. The molecule has 106 valence electrons. The summed E-state index contributed by atoms with van der Waals surface area (Å²) < 4.78 is 10.5. The SMILES string of the molecule is COCC(NN)C1CCN(C(=O)OC(C)(C)C)C1. The summed E-state index contributed by atoms with van der Waals surface area (Å²) in [5, 5.41) is 0. The number of carbonyl (C=O) groups is 1. The quantitative estimate of drug-likeness (QED) is 0.574. The van der Waals surface area contributed by atoms with E-state index < -0.39 is 5.60 Å². The van der Waals surface area contributed by atoms with Crippen molar-refractivity contribution in [3.8, 4) is 0 Å². The predicted octanol–water partition coefficient (Wildman–Crippen LogP) is 0.722. The molecule has 1 amide bonds. The lowest BCUT2D eigenvalue weighted by atomic mass is 10.0. The predicted molar refractivity (Wildman–Crippen MR) is 68.9 cm³/mol. The number of methoxy groups -OCH3 is 1. The number of hydrazine groups is 1. The Balaban J connectivity index is 2.47. The van der Waals surface area contributed by atoms with Crippen LogP contribution in [0.3, 0.4) is 0 Å². The molecule has 6 nitrogen and oxygen atoms in total. The van der Waals surface area contributed by atoms with Crippen molar-refractivity contribution in [2.45, 2.75) is 38.8 Å². The summed E-state index contributed by atoms with van der Waals surface area (Å²) in [6.45, 7) is 7.52. The number of nitrogens with two attached hydrogens (primary N) is 1. The lowest BCUT2D eigenvalue weighted by Crippen LogP contribution is -2.45. The largest absolute Gasteiger partial charge is 0.444 e. The summed E-state index contributed by atoms with van der Waals surface area (Å²) in [5.41, 5.74) is 2.30. The molecule has 0 aliphatic carbocycles. The molecule has 2 unspecified atom stereocenters. The molecule has 1 fully saturated rings. The van der Waals surface area contributed by atoms with Crippen LogP contribution in [0.5, 0.6) is 0 Å². The normalized spacial score (nSPS) is 22.1. The Hall–Kier alpha value is -0.850. The van der Waals surface area contributed by atoms with Gasteiger partial charge in [-0.3, -0.25) is 11.3 Å². The zero-order chi connectivity index (χ0) is 13.8. The molecule has 18 heavy (non-hydrogen) atoms. The Kier molecular flexibility index (Phi) is 5.37. The number of hydrogen-bond donors (Lipinski definition) is 2. The summed E-state index contributed by atoms with van der Waals surface area (Å²) in [7, 11) is 1.64. The van der Waals surface area contributed by atoms with Crippen molar-refractivity contribution in [2.75, 3.05) is 26.8 Å². The first-order valence-electron chi connectivity index (χ1n) is 6.30. The molecule has 1 saturated heterocycles. The molecular weight excluding hydrogens is 234 g/mol. The van der Waals surface area contributed by atoms with Gasteiger partial charge in [-0.05, 0) is 33.1 Å². The van der Waals surface area contributed by atoms with E-state index in [4.69, 9.17) is 15.3 Å². The van der Waals surface area contributed by atoms with Gasteiger partial charge in [0.05, 0.1) is 6.61 Å². The highest BCUT2D eigenvalue weighted by Gasteiger charge is 2.33. The lowest BCUT2D eigenvalue weighted by molar-refractivity contribution is 0.0281. The first-order chi connectivity index (χ1) is 8.37. The van der Waals surface area contributed by atoms with Gasteiger partial charge in [-0.1, -0.05) is 0 Å². The lowest BCUT2D eigenvalue weighted by Gasteiger charge is -2.25. The van der Waals surface area contributed by atoms with E-state index in [2.05, 4.69) is 5.43 Å². The second-order valence-electron chi connectivity index (χ2n) is 5.70. The van der Waals surface area contributed by atoms with Crippen molar-refractivity contribution < 1.29 is 14.3 Å². The number of hydrogen-bond acceptors (Lipinski definition) is 5. The van der Waals surface area contributed by atoms with E-state index in [1.165, 1.54) is 0 Å². The third kappa shape index (κ3) is 4.44. The summed E-state index contributed by atoms with van der Waals surface area (Å²) in [6, 6.07) is 0.0717. The van der Waals surface area contributed by atoms with Crippen LogP contribution in [0.2, 0.25) is 0 Å². The summed E-state index contributed by atoms with van der Waals surface area (Å²) in [6.07, 6.45) is 0.662. The average molecular weight is 259 g/mol. The minimum Gasteiger partial charge on any atom is -0.444 e. The number of nitrogens with one attached hydrogen (secondary N) is 1. The van der Waals surface area contributed by atoms with Crippen LogP contribution in [-0.2, 0) is 9.47 Å². The van der Waals surface area contributed by atoms with Gasteiger partial charge >= 0.3 is 6.09 Å². The minimum atomic E-state index is -0.451. The van der Waals surface area contributed by atoms with Gasteiger partial charge in [0.2, 0.25) is 0 Å². The van der Waals surface area contributed by atoms with E-state index in [1.807, 2.05) is 20.8 Å². The van der Waals surface area contributed by atoms with Crippen LogP contribution in [0.15, 0.2) is 0 Å². The van der Waals surface area contributed by atoms with Crippen molar-refractivity contribution in [3.05, 3.63) is 0 Å². The molecule has 1 aliphatic rings. The molecule has 1 aliphatic heterocycles. The zero-order valence-corrected chi connectivity index (χ0v) is 11.7. The molecule has 0 aromatic rings. The maximum atomic E-state index is 11.9. The van der Waals surface area contributed by atoms with Crippen LogP contribution < -0.4 is 11.3 Å². The smallest absolute Gasteiger partial charge is 0.410 e. The van der Waals surface area contributed by atoms with Gasteiger partial charge < -0.3 is 14.4 Å². The van der Waals surface area contributed by atoms with Gasteiger partial charge in [-0.2, -0.15) is 0 Å². The van der Waals surface area contributed by atoms with Gasteiger partial charge in [0, 0.05) is 26.2 Å². The molecule has 6 heteroatoms. The number of nitrogens with zero attached hydrogens (tertiary/aromatic N) is 1. The maximum absolute atomic E-state index is 11.9. The van der Waals surface area contributed by atoms with Crippen LogP contribution in [0.25, 0.3) is 0 Å². The summed E-state index contributed by atoms with van der Waals surface area (Å²) >= 11 is 0. The second-order valence-corrected chi connectivity index (χ2v) is 5.70. The molecule has 2 atom stereocenters. The van der Waals surface area contributed by atoms with E-state index in [1.54, 1.807) is 12.0 Å². The van der Waals surface area contributed by atoms with Crippen LogP contribution in [0, 0.1) is 5.92 Å².